The second kappa shape index (κ2) is 6.01. The van der Waals surface area contributed by atoms with Crippen LogP contribution < -0.4 is 0 Å². The Morgan fingerprint density at radius 3 is 3.00 bits per heavy atom. The lowest BCUT2D eigenvalue weighted by atomic mass is 9.93. The maximum atomic E-state index is 5.91. The molecule has 94 valence electrons. The zero-order chi connectivity index (χ0) is 12.3. The van der Waals surface area contributed by atoms with Crippen LogP contribution in [-0.4, -0.2) is 6.61 Å². The van der Waals surface area contributed by atoms with E-state index >= 15 is 0 Å². The molecule has 1 aliphatic heterocycles. The molecular formula is C15H21BrO. The van der Waals surface area contributed by atoms with E-state index in [0.29, 0.717) is 6.10 Å². The van der Waals surface area contributed by atoms with Crippen LogP contribution in [0.3, 0.4) is 0 Å². The first kappa shape index (κ1) is 13.1. The number of rotatable bonds is 4. The highest BCUT2D eigenvalue weighted by Crippen LogP contribution is 2.32. The van der Waals surface area contributed by atoms with Crippen molar-refractivity contribution >= 4 is 15.9 Å². The zero-order valence-electron chi connectivity index (χ0n) is 10.7. The van der Waals surface area contributed by atoms with Gasteiger partial charge in [-0.3, -0.25) is 0 Å². The van der Waals surface area contributed by atoms with Crippen LogP contribution in [-0.2, 0) is 11.2 Å². The van der Waals surface area contributed by atoms with Gasteiger partial charge in [-0.25, -0.2) is 0 Å². The third-order valence-corrected chi connectivity index (χ3v) is 3.88. The minimum Gasteiger partial charge on any atom is -0.373 e. The molecule has 2 heteroatoms. The Morgan fingerprint density at radius 2 is 2.24 bits per heavy atom. The molecule has 1 atom stereocenters. The second-order valence-electron chi connectivity index (χ2n) is 5.28. The third-order valence-electron chi connectivity index (χ3n) is 3.39. The van der Waals surface area contributed by atoms with Crippen molar-refractivity contribution in [1.29, 1.82) is 0 Å². The first-order valence-electron chi connectivity index (χ1n) is 6.56. The van der Waals surface area contributed by atoms with Crippen LogP contribution in [0.2, 0.25) is 0 Å². The average Bonchev–Trinajstić information content (AvgIpc) is 2.28. The maximum Gasteiger partial charge on any atom is 0.0827 e. The van der Waals surface area contributed by atoms with E-state index in [1.165, 1.54) is 28.4 Å². The van der Waals surface area contributed by atoms with Crippen LogP contribution in [0, 0.1) is 5.92 Å². The van der Waals surface area contributed by atoms with E-state index in [0.717, 1.165) is 25.4 Å². The molecule has 0 unspecified atom stereocenters. The maximum absolute atomic E-state index is 5.91. The lowest BCUT2D eigenvalue weighted by molar-refractivity contribution is 0.0343. The summed E-state index contributed by atoms with van der Waals surface area (Å²) in [5, 5.41) is 0. The summed E-state index contributed by atoms with van der Waals surface area (Å²) in [6.45, 7) is 5.44. The number of fused-ring (bicyclic) bond motifs is 1. The van der Waals surface area contributed by atoms with E-state index in [1.807, 2.05) is 0 Å². The molecule has 0 bridgehead atoms. The van der Waals surface area contributed by atoms with Gasteiger partial charge in [-0.05, 0) is 42.0 Å². The Hall–Kier alpha value is -0.340. The zero-order valence-corrected chi connectivity index (χ0v) is 12.3. The van der Waals surface area contributed by atoms with Gasteiger partial charge in [0.1, 0.15) is 0 Å². The Labute approximate surface area is 113 Å². The summed E-state index contributed by atoms with van der Waals surface area (Å²) in [4.78, 5) is 0. The molecule has 0 spiro atoms. The number of hydrogen-bond acceptors (Lipinski definition) is 1. The first-order chi connectivity index (χ1) is 8.16. The van der Waals surface area contributed by atoms with Crippen LogP contribution in [0.5, 0.6) is 0 Å². The topological polar surface area (TPSA) is 9.23 Å². The van der Waals surface area contributed by atoms with Crippen LogP contribution in [0.1, 0.15) is 50.3 Å². The van der Waals surface area contributed by atoms with E-state index in [2.05, 4.69) is 48.0 Å². The van der Waals surface area contributed by atoms with Gasteiger partial charge in [0.2, 0.25) is 0 Å². The Balaban J connectivity index is 2.02. The Morgan fingerprint density at radius 1 is 1.41 bits per heavy atom. The minimum atomic E-state index is 0.325. The lowest BCUT2D eigenvalue weighted by Crippen LogP contribution is -2.16. The predicted molar refractivity (Wildman–Crippen MR) is 75.2 cm³/mol. The van der Waals surface area contributed by atoms with Crippen molar-refractivity contribution in [3.63, 3.8) is 0 Å². The molecule has 17 heavy (non-hydrogen) atoms. The fraction of sp³-hybridized carbons (Fsp3) is 0.600. The quantitative estimate of drug-likeness (QED) is 0.769. The predicted octanol–water partition coefficient (Wildman–Crippen LogP) is 4.89. The fourth-order valence-electron chi connectivity index (χ4n) is 2.46. The van der Waals surface area contributed by atoms with E-state index in [4.69, 9.17) is 4.74 Å². The van der Waals surface area contributed by atoms with Crippen molar-refractivity contribution in [2.24, 2.45) is 5.92 Å². The molecule has 0 aromatic heterocycles. The van der Waals surface area contributed by atoms with E-state index in [-0.39, 0.29) is 0 Å². The number of benzene rings is 1. The molecule has 1 aliphatic rings. The molecule has 1 heterocycles. The highest BCUT2D eigenvalue weighted by Gasteiger charge is 2.20. The van der Waals surface area contributed by atoms with Gasteiger partial charge in [0, 0.05) is 4.47 Å². The smallest absolute Gasteiger partial charge is 0.0827 e. The van der Waals surface area contributed by atoms with Gasteiger partial charge >= 0.3 is 0 Å². The summed E-state index contributed by atoms with van der Waals surface area (Å²) in [6, 6.07) is 6.59. The SMILES string of the molecule is CC(C)CCC[C@@H]1OCCc2cc(Br)ccc21. The molecule has 0 aliphatic carbocycles. The van der Waals surface area contributed by atoms with Crippen LogP contribution in [0.25, 0.3) is 0 Å². The molecule has 1 aromatic carbocycles. The molecule has 1 nitrogen and oxygen atoms in total. The molecule has 0 saturated heterocycles. The van der Waals surface area contributed by atoms with Gasteiger partial charge in [0.15, 0.2) is 0 Å². The molecule has 0 radical (unpaired) electrons. The summed E-state index contributed by atoms with van der Waals surface area (Å²) in [6.07, 6.45) is 5.09. The fourth-order valence-corrected chi connectivity index (χ4v) is 2.86. The Bertz CT molecular complexity index is 373. The first-order valence-corrected chi connectivity index (χ1v) is 7.36. The Kier molecular flexibility index (Phi) is 4.63. The normalized spacial score (nSPS) is 19.4. The molecular weight excluding hydrogens is 276 g/mol. The molecule has 0 amide bonds. The second-order valence-corrected chi connectivity index (χ2v) is 6.19. The van der Waals surface area contributed by atoms with E-state index in [9.17, 15) is 0 Å². The van der Waals surface area contributed by atoms with Gasteiger partial charge in [0.25, 0.3) is 0 Å². The van der Waals surface area contributed by atoms with Crippen LogP contribution >= 0.6 is 15.9 Å². The molecule has 0 N–H and O–H groups in total. The van der Waals surface area contributed by atoms with E-state index in [1.54, 1.807) is 0 Å². The highest BCUT2D eigenvalue weighted by molar-refractivity contribution is 9.10. The minimum absolute atomic E-state index is 0.325. The summed E-state index contributed by atoms with van der Waals surface area (Å²) in [5.41, 5.74) is 2.86. The van der Waals surface area contributed by atoms with Crippen molar-refractivity contribution in [2.45, 2.75) is 45.6 Å². The van der Waals surface area contributed by atoms with Crippen molar-refractivity contribution in [2.75, 3.05) is 6.61 Å². The summed E-state index contributed by atoms with van der Waals surface area (Å²) >= 11 is 3.54. The van der Waals surface area contributed by atoms with Crippen LogP contribution in [0.4, 0.5) is 0 Å². The molecule has 0 fully saturated rings. The molecule has 0 saturated carbocycles. The summed E-state index contributed by atoms with van der Waals surface area (Å²) < 4.78 is 7.09. The van der Waals surface area contributed by atoms with Gasteiger partial charge in [-0.1, -0.05) is 48.7 Å². The highest BCUT2D eigenvalue weighted by atomic mass is 79.9. The van der Waals surface area contributed by atoms with Gasteiger partial charge in [-0.2, -0.15) is 0 Å². The van der Waals surface area contributed by atoms with Crippen molar-refractivity contribution in [3.8, 4) is 0 Å². The average molecular weight is 297 g/mol. The number of hydrogen-bond donors (Lipinski definition) is 0. The van der Waals surface area contributed by atoms with Gasteiger partial charge < -0.3 is 4.74 Å². The standard InChI is InChI=1S/C15H21BrO/c1-11(2)4-3-5-15-14-7-6-13(16)10-12(14)8-9-17-15/h6-7,10-11,15H,3-5,8-9H2,1-2H3/t15-/m0/s1. The van der Waals surface area contributed by atoms with Crippen LogP contribution in [0.15, 0.2) is 22.7 Å². The molecule has 2 rings (SSSR count). The summed E-state index contributed by atoms with van der Waals surface area (Å²) in [5.74, 6) is 0.794. The third kappa shape index (κ3) is 3.56. The number of ether oxygens (including phenoxy) is 1. The van der Waals surface area contributed by atoms with Gasteiger partial charge in [-0.15, -0.1) is 0 Å². The molecule has 1 aromatic rings. The largest absolute Gasteiger partial charge is 0.373 e. The van der Waals surface area contributed by atoms with Gasteiger partial charge in [0.05, 0.1) is 12.7 Å². The number of halogens is 1. The van der Waals surface area contributed by atoms with Crippen molar-refractivity contribution < 1.29 is 4.74 Å². The summed E-state index contributed by atoms with van der Waals surface area (Å²) in [7, 11) is 0. The van der Waals surface area contributed by atoms with Crippen molar-refractivity contribution in [3.05, 3.63) is 33.8 Å². The van der Waals surface area contributed by atoms with E-state index < -0.39 is 0 Å². The lowest BCUT2D eigenvalue weighted by Gasteiger charge is -2.26. The van der Waals surface area contributed by atoms with Crippen molar-refractivity contribution in [1.82, 2.24) is 0 Å². The monoisotopic (exact) mass is 296 g/mol.